The Kier molecular flexibility index (Phi) is 5.07. The molecule has 130 valence electrons. The molecule has 1 aromatic carbocycles. The summed E-state index contributed by atoms with van der Waals surface area (Å²) < 4.78 is 0. The zero-order chi connectivity index (χ0) is 17.0. The molecule has 0 radical (unpaired) electrons. The normalized spacial score (nSPS) is 20.4. The minimum atomic E-state index is -0.389. The lowest BCUT2D eigenvalue weighted by atomic mass is 9.73. The lowest BCUT2D eigenvalue weighted by Gasteiger charge is -2.33. The van der Waals surface area contributed by atoms with Gasteiger partial charge in [0.15, 0.2) is 5.96 Å². The summed E-state index contributed by atoms with van der Waals surface area (Å²) in [6.45, 7) is 2.93. The van der Waals surface area contributed by atoms with Gasteiger partial charge in [0.2, 0.25) is 5.91 Å². The van der Waals surface area contributed by atoms with Crippen molar-refractivity contribution in [2.75, 3.05) is 20.1 Å². The number of amides is 1. The number of nitrogens with one attached hydrogen (secondary N) is 1. The van der Waals surface area contributed by atoms with Gasteiger partial charge < -0.3 is 16.0 Å². The summed E-state index contributed by atoms with van der Waals surface area (Å²) in [6, 6.07) is 7.42. The highest BCUT2D eigenvalue weighted by Gasteiger charge is 2.39. The first-order valence-electron chi connectivity index (χ1n) is 8.96. The summed E-state index contributed by atoms with van der Waals surface area (Å²) in [7, 11) is 1.85. The smallest absolute Gasteiger partial charge is 0.248 e. The highest BCUT2D eigenvalue weighted by atomic mass is 16.1. The summed E-state index contributed by atoms with van der Waals surface area (Å²) >= 11 is 0. The van der Waals surface area contributed by atoms with E-state index in [1.165, 1.54) is 38.5 Å². The van der Waals surface area contributed by atoms with Gasteiger partial charge in [0, 0.05) is 32.2 Å². The van der Waals surface area contributed by atoms with E-state index in [2.05, 4.69) is 15.2 Å². The number of aliphatic imine (C=N–C) groups is 1. The van der Waals surface area contributed by atoms with Crippen LogP contribution < -0.4 is 11.1 Å². The summed E-state index contributed by atoms with van der Waals surface area (Å²) in [5.74, 6) is 0.594. The zero-order valence-corrected chi connectivity index (χ0v) is 14.6. The molecule has 1 aliphatic heterocycles. The Balaban J connectivity index is 1.56. The SMILES string of the molecule is CN=C(NCc1ccc(C(N)=O)cc1)N1CCC2(CCCCC2)C1. The third kappa shape index (κ3) is 3.71. The fourth-order valence-corrected chi connectivity index (χ4v) is 4.13. The second-order valence-electron chi connectivity index (χ2n) is 7.19. The van der Waals surface area contributed by atoms with E-state index in [1.54, 1.807) is 12.1 Å². The van der Waals surface area contributed by atoms with Crippen molar-refractivity contribution in [2.45, 2.75) is 45.1 Å². The Morgan fingerprint density at radius 2 is 1.92 bits per heavy atom. The van der Waals surface area contributed by atoms with Gasteiger partial charge in [-0.1, -0.05) is 31.4 Å². The van der Waals surface area contributed by atoms with Crippen molar-refractivity contribution in [1.82, 2.24) is 10.2 Å². The molecule has 0 aromatic heterocycles. The molecule has 1 saturated carbocycles. The topological polar surface area (TPSA) is 70.7 Å². The summed E-state index contributed by atoms with van der Waals surface area (Å²) in [6.07, 6.45) is 8.19. The van der Waals surface area contributed by atoms with Gasteiger partial charge in [-0.15, -0.1) is 0 Å². The highest BCUT2D eigenvalue weighted by Crippen LogP contribution is 2.43. The van der Waals surface area contributed by atoms with Gasteiger partial charge in [-0.3, -0.25) is 9.79 Å². The van der Waals surface area contributed by atoms with Crippen molar-refractivity contribution >= 4 is 11.9 Å². The second kappa shape index (κ2) is 7.24. The maximum absolute atomic E-state index is 11.1. The Bertz CT molecular complexity index is 602. The molecule has 1 spiro atoms. The van der Waals surface area contributed by atoms with E-state index in [4.69, 9.17) is 5.73 Å². The largest absolute Gasteiger partial charge is 0.366 e. The third-order valence-corrected chi connectivity index (χ3v) is 5.55. The highest BCUT2D eigenvalue weighted by molar-refractivity contribution is 5.92. The monoisotopic (exact) mass is 328 g/mol. The first-order valence-corrected chi connectivity index (χ1v) is 8.96. The number of primary amides is 1. The maximum Gasteiger partial charge on any atom is 0.248 e. The second-order valence-corrected chi connectivity index (χ2v) is 7.19. The summed E-state index contributed by atoms with van der Waals surface area (Å²) in [5.41, 5.74) is 7.47. The molecule has 1 aromatic rings. The fraction of sp³-hybridized carbons (Fsp3) is 0.579. The van der Waals surface area contributed by atoms with E-state index in [1.807, 2.05) is 19.2 Å². The molecule has 0 atom stereocenters. The molecular formula is C19H28N4O. The van der Waals surface area contributed by atoms with Crippen molar-refractivity contribution in [3.8, 4) is 0 Å². The Labute approximate surface area is 144 Å². The van der Waals surface area contributed by atoms with Crippen LogP contribution in [0.15, 0.2) is 29.3 Å². The number of guanidine groups is 1. The van der Waals surface area contributed by atoms with Gasteiger partial charge in [0.1, 0.15) is 0 Å². The van der Waals surface area contributed by atoms with Crippen LogP contribution in [0.5, 0.6) is 0 Å². The lowest BCUT2D eigenvalue weighted by Crippen LogP contribution is -2.41. The number of nitrogens with zero attached hydrogens (tertiary/aromatic N) is 2. The van der Waals surface area contributed by atoms with Gasteiger partial charge in [0.25, 0.3) is 0 Å². The van der Waals surface area contributed by atoms with Crippen LogP contribution >= 0.6 is 0 Å². The molecule has 3 N–H and O–H groups in total. The Hall–Kier alpha value is -2.04. The van der Waals surface area contributed by atoms with Gasteiger partial charge in [0.05, 0.1) is 0 Å². The van der Waals surface area contributed by atoms with E-state index in [-0.39, 0.29) is 5.91 Å². The van der Waals surface area contributed by atoms with Crippen LogP contribution in [-0.4, -0.2) is 36.9 Å². The fourth-order valence-electron chi connectivity index (χ4n) is 4.13. The van der Waals surface area contributed by atoms with Gasteiger partial charge in [-0.25, -0.2) is 0 Å². The molecule has 5 heteroatoms. The van der Waals surface area contributed by atoms with E-state index in [0.29, 0.717) is 17.5 Å². The molecule has 0 unspecified atom stereocenters. The number of carbonyl (C=O) groups excluding carboxylic acids is 1. The van der Waals surface area contributed by atoms with Crippen LogP contribution in [0, 0.1) is 5.41 Å². The van der Waals surface area contributed by atoms with Crippen molar-refractivity contribution in [2.24, 2.45) is 16.1 Å². The molecular weight excluding hydrogens is 300 g/mol. The average molecular weight is 328 g/mol. The van der Waals surface area contributed by atoms with Crippen LogP contribution in [0.3, 0.4) is 0 Å². The zero-order valence-electron chi connectivity index (χ0n) is 14.6. The molecule has 3 rings (SSSR count). The first-order chi connectivity index (χ1) is 11.6. The molecule has 0 bridgehead atoms. The van der Waals surface area contributed by atoms with Crippen LogP contribution in [-0.2, 0) is 6.54 Å². The van der Waals surface area contributed by atoms with Crippen molar-refractivity contribution < 1.29 is 4.79 Å². The number of likely N-dealkylation sites (tertiary alicyclic amines) is 1. The van der Waals surface area contributed by atoms with Crippen molar-refractivity contribution in [1.29, 1.82) is 0 Å². The maximum atomic E-state index is 11.1. The summed E-state index contributed by atoms with van der Waals surface area (Å²) in [5, 5.41) is 3.46. The Morgan fingerprint density at radius 3 is 2.54 bits per heavy atom. The molecule has 1 aliphatic carbocycles. The van der Waals surface area contributed by atoms with E-state index < -0.39 is 0 Å². The van der Waals surface area contributed by atoms with Crippen LogP contribution in [0.4, 0.5) is 0 Å². The average Bonchev–Trinajstić information content (AvgIpc) is 3.00. The van der Waals surface area contributed by atoms with Gasteiger partial charge in [-0.05, 0) is 42.4 Å². The van der Waals surface area contributed by atoms with Crippen molar-refractivity contribution in [3.63, 3.8) is 0 Å². The number of rotatable bonds is 3. The number of hydrogen-bond donors (Lipinski definition) is 2. The predicted molar refractivity (Wildman–Crippen MR) is 96.9 cm³/mol. The first kappa shape index (κ1) is 16.8. The van der Waals surface area contributed by atoms with Crippen molar-refractivity contribution in [3.05, 3.63) is 35.4 Å². The molecule has 1 heterocycles. The standard InChI is InChI=1S/C19H28N4O/c1-21-18(22-13-15-5-7-16(8-6-15)17(20)24)23-12-11-19(14-23)9-3-2-4-10-19/h5-8H,2-4,9-14H2,1H3,(H2,20,24)(H,21,22). The minimum Gasteiger partial charge on any atom is -0.366 e. The third-order valence-electron chi connectivity index (χ3n) is 5.55. The number of benzene rings is 1. The number of carbonyl (C=O) groups is 1. The number of hydrogen-bond acceptors (Lipinski definition) is 2. The van der Waals surface area contributed by atoms with Crippen LogP contribution in [0.2, 0.25) is 0 Å². The molecule has 1 amide bonds. The van der Waals surface area contributed by atoms with Gasteiger partial charge >= 0.3 is 0 Å². The Morgan fingerprint density at radius 1 is 1.21 bits per heavy atom. The van der Waals surface area contributed by atoms with E-state index in [9.17, 15) is 4.79 Å². The predicted octanol–water partition coefficient (Wildman–Crippen LogP) is 2.52. The minimum absolute atomic E-state index is 0.389. The molecule has 2 fully saturated rings. The summed E-state index contributed by atoms with van der Waals surface area (Å²) in [4.78, 5) is 18.0. The molecule has 5 nitrogen and oxygen atoms in total. The molecule has 1 saturated heterocycles. The molecule has 24 heavy (non-hydrogen) atoms. The van der Waals surface area contributed by atoms with Crippen LogP contribution in [0.25, 0.3) is 0 Å². The van der Waals surface area contributed by atoms with E-state index in [0.717, 1.165) is 24.6 Å². The number of nitrogens with two attached hydrogens (primary N) is 1. The van der Waals surface area contributed by atoms with E-state index >= 15 is 0 Å². The lowest BCUT2D eigenvalue weighted by molar-refractivity contribution is 0.100. The molecule has 2 aliphatic rings. The van der Waals surface area contributed by atoms with Gasteiger partial charge in [-0.2, -0.15) is 0 Å². The van der Waals surface area contributed by atoms with Crippen LogP contribution in [0.1, 0.15) is 54.4 Å². The quantitative estimate of drug-likeness (QED) is 0.661.